The molecule has 3 aromatic rings. The lowest BCUT2D eigenvalue weighted by molar-refractivity contribution is -0.128. The summed E-state index contributed by atoms with van der Waals surface area (Å²) < 4.78 is 5.37. The van der Waals surface area contributed by atoms with Crippen LogP contribution in [0.1, 0.15) is 23.6 Å². The lowest BCUT2D eigenvalue weighted by atomic mass is 10.0. The van der Waals surface area contributed by atoms with Crippen molar-refractivity contribution in [3.8, 4) is 5.75 Å². The normalized spacial score (nSPS) is 16.2. The van der Waals surface area contributed by atoms with Crippen molar-refractivity contribution < 1.29 is 14.3 Å². The zero-order valence-electron chi connectivity index (χ0n) is 19.1. The lowest BCUT2D eigenvalue weighted by Gasteiger charge is -2.36. The van der Waals surface area contributed by atoms with Gasteiger partial charge < -0.3 is 15.0 Å². The van der Waals surface area contributed by atoms with Crippen molar-refractivity contribution in [2.45, 2.75) is 37.1 Å². The topological polar surface area (TPSA) is 58.6 Å². The highest BCUT2D eigenvalue weighted by Crippen LogP contribution is 2.42. The summed E-state index contributed by atoms with van der Waals surface area (Å²) in [5.41, 5.74) is 4.03. The van der Waals surface area contributed by atoms with Gasteiger partial charge in [0.05, 0.1) is 25.3 Å². The largest absolute Gasteiger partial charge is 0.496 e. The van der Waals surface area contributed by atoms with Crippen LogP contribution in [-0.4, -0.2) is 24.2 Å². The molecular formula is C27H28N2O3S. The van der Waals surface area contributed by atoms with E-state index in [9.17, 15) is 9.59 Å². The first-order valence-electron chi connectivity index (χ1n) is 11.0. The number of methoxy groups -OCH3 is 1. The number of hydrogen-bond acceptors (Lipinski definition) is 4. The third-order valence-electron chi connectivity index (χ3n) is 6.02. The van der Waals surface area contributed by atoms with Gasteiger partial charge in [0.1, 0.15) is 11.0 Å². The van der Waals surface area contributed by atoms with Gasteiger partial charge in [0.15, 0.2) is 0 Å². The molecule has 0 aliphatic carbocycles. The fourth-order valence-corrected chi connectivity index (χ4v) is 5.29. The minimum atomic E-state index is -0.499. The number of para-hydroxylation sites is 2. The van der Waals surface area contributed by atoms with Crippen molar-refractivity contribution in [1.29, 1.82) is 0 Å². The number of aryl methyl sites for hydroxylation is 1. The molecule has 0 bridgehead atoms. The van der Waals surface area contributed by atoms with E-state index in [1.165, 1.54) is 11.8 Å². The first-order chi connectivity index (χ1) is 16.0. The standard InChI is InChI=1S/C27H28N2O3S/c1-18-10-4-5-12-21(18)17-29-22-13-7-9-15-24(22)33-25(27(29)31)19(2)26(30)28-16-20-11-6-8-14-23(20)32-3/h4-15,19,25H,16-17H2,1-3H3,(H,28,30)/t19-,25-/m1/s1. The Labute approximate surface area is 199 Å². The van der Waals surface area contributed by atoms with Crippen LogP contribution in [0, 0.1) is 12.8 Å². The van der Waals surface area contributed by atoms with E-state index in [4.69, 9.17) is 4.74 Å². The predicted molar refractivity (Wildman–Crippen MR) is 132 cm³/mol. The van der Waals surface area contributed by atoms with Crippen LogP contribution in [-0.2, 0) is 22.7 Å². The molecule has 2 amide bonds. The zero-order chi connectivity index (χ0) is 23.4. The number of amides is 2. The van der Waals surface area contributed by atoms with E-state index in [1.54, 1.807) is 7.11 Å². The highest BCUT2D eigenvalue weighted by atomic mass is 32.2. The number of thioether (sulfide) groups is 1. The smallest absolute Gasteiger partial charge is 0.241 e. The van der Waals surface area contributed by atoms with Crippen molar-refractivity contribution in [3.63, 3.8) is 0 Å². The summed E-state index contributed by atoms with van der Waals surface area (Å²) in [6.07, 6.45) is 0. The average molecular weight is 461 g/mol. The Balaban J connectivity index is 1.54. The van der Waals surface area contributed by atoms with E-state index in [1.807, 2.05) is 78.6 Å². The first kappa shape index (κ1) is 22.9. The molecule has 0 unspecified atom stereocenters. The molecule has 0 saturated heterocycles. The molecule has 2 atom stereocenters. The van der Waals surface area contributed by atoms with E-state index in [-0.39, 0.29) is 11.8 Å². The summed E-state index contributed by atoms with van der Waals surface area (Å²) in [5.74, 6) is 0.0423. The molecule has 4 rings (SSSR count). The van der Waals surface area contributed by atoms with Crippen LogP contribution in [0.4, 0.5) is 5.69 Å². The Bertz CT molecular complexity index is 1160. The van der Waals surface area contributed by atoms with Gasteiger partial charge in [-0.2, -0.15) is 0 Å². The summed E-state index contributed by atoms with van der Waals surface area (Å²) in [5, 5.41) is 2.49. The number of nitrogens with one attached hydrogen (secondary N) is 1. The van der Waals surface area contributed by atoms with Gasteiger partial charge >= 0.3 is 0 Å². The van der Waals surface area contributed by atoms with Crippen LogP contribution < -0.4 is 15.0 Å². The predicted octanol–water partition coefficient (Wildman–Crippen LogP) is 4.96. The Morgan fingerprint density at radius 3 is 2.45 bits per heavy atom. The maximum atomic E-state index is 13.6. The number of rotatable bonds is 7. The van der Waals surface area contributed by atoms with Crippen molar-refractivity contribution in [3.05, 3.63) is 89.5 Å². The quantitative estimate of drug-likeness (QED) is 0.541. The van der Waals surface area contributed by atoms with Gasteiger partial charge in [0, 0.05) is 17.0 Å². The van der Waals surface area contributed by atoms with Crippen LogP contribution >= 0.6 is 11.8 Å². The molecule has 0 aromatic heterocycles. The molecule has 33 heavy (non-hydrogen) atoms. The highest BCUT2D eigenvalue weighted by molar-refractivity contribution is 8.01. The molecule has 1 aliphatic rings. The van der Waals surface area contributed by atoms with E-state index in [0.717, 1.165) is 33.0 Å². The number of ether oxygens (including phenoxy) is 1. The maximum Gasteiger partial charge on any atom is 0.241 e. The molecule has 170 valence electrons. The molecule has 0 spiro atoms. The molecule has 5 nitrogen and oxygen atoms in total. The second kappa shape index (κ2) is 10.1. The number of hydrogen-bond donors (Lipinski definition) is 1. The van der Waals surface area contributed by atoms with E-state index in [0.29, 0.717) is 13.1 Å². The van der Waals surface area contributed by atoms with Crippen LogP contribution in [0.5, 0.6) is 5.75 Å². The number of nitrogens with zero attached hydrogens (tertiary/aromatic N) is 1. The molecule has 1 N–H and O–H groups in total. The van der Waals surface area contributed by atoms with Gasteiger partial charge in [-0.1, -0.05) is 61.5 Å². The third kappa shape index (κ3) is 4.91. The third-order valence-corrected chi connectivity index (χ3v) is 7.49. The summed E-state index contributed by atoms with van der Waals surface area (Å²) in [7, 11) is 1.61. The van der Waals surface area contributed by atoms with Crippen LogP contribution in [0.25, 0.3) is 0 Å². The van der Waals surface area contributed by atoms with Gasteiger partial charge in [0.2, 0.25) is 11.8 Å². The molecule has 3 aromatic carbocycles. The molecule has 0 saturated carbocycles. The second-order valence-electron chi connectivity index (χ2n) is 8.18. The minimum Gasteiger partial charge on any atom is -0.496 e. The zero-order valence-corrected chi connectivity index (χ0v) is 19.9. The SMILES string of the molecule is COc1ccccc1CNC(=O)[C@H](C)[C@H]1Sc2ccccc2N(Cc2ccccc2C)C1=O. The summed E-state index contributed by atoms with van der Waals surface area (Å²) in [6, 6.07) is 23.6. The molecule has 0 radical (unpaired) electrons. The Morgan fingerprint density at radius 1 is 1.03 bits per heavy atom. The Kier molecular flexibility index (Phi) is 7.04. The number of benzene rings is 3. The van der Waals surface area contributed by atoms with Crippen molar-refractivity contribution >= 4 is 29.3 Å². The molecule has 1 heterocycles. The van der Waals surface area contributed by atoms with Gasteiger partial charge in [0.25, 0.3) is 0 Å². The van der Waals surface area contributed by atoms with Gasteiger partial charge in [-0.3, -0.25) is 9.59 Å². The number of carbonyl (C=O) groups is 2. The van der Waals surface area contributed by atoms with E-state index >= 15 is 0 Å². The molecule has 0 fully saturated rings. The molecule has 1 aliphatic heterocycles. The first-order valence-corrected chi connectivity index (χ1v) is 11.9. The van der Waals surface area contributed by atoms with Crippen LogP contribution in [0.2, 0.25) is 0 Å². The average Bonchev–Trinajstić information content (AvgIpc) is 2.85. The number of carbonyl (C=O) groups excluding carboxylic acids is 2. The van der Waals surface area contributed by atoms with Crippen LogP contribution in [0.3, 0.4) is 0 Å². The monoisotopic (exact) mass is 460 g/mol. The lowest BCUT2D eigenvalue weighted by Crippen LogP contribution is -2.47. The Hall–Kier alpha value is -3.25. The number of anilines is 1. The van der Waals surface area contributed by atoms with Crippen molar-refractivity contribution in [2.24, 2.45) is 5.92 Å². The van der Waals surface area contributed by atoms with Gasteiger partial charge in [-0.05, 0) is 36.2 Å². The fourth-order valence-electron chi connectivity index (χ4n) is 4.01. The second-order valence-corrected chi connectivity index (χ2v) is 9.36. The summed E-state index contributed by atoms with van der Waals surface area (Å²) >= 11 is 1.47. The van der Waals surface area contributed by atoms with Crippen LogP contribution in [0.15, 0.2) is 77.7 Å². The van der Waals surface area contributed by atoms with Gasteiger partial charge in [-0.15, -0.1) is 11.8 Å². The molecular weight excluding hydrogens is 432 g/mol. The van der Waals surface area contributed by atoms with Gasteiger partial charge in [-0.25, -0.2) is 0 Å². The Morgan fingerprint density at radius 2 is 1.70 bits per heavy atom. The van der Waals surface area contributed by atoms with Crippen molar-refractivity contribution in [2.75, 3.05) is 12.0 Å². The van der Waals surface area contributed by atoms with Crippen molar-refractivity contribution in [1.82, 2.24) is 5.32 Å². The maximum absolute atomic E-state index is 13.6. The molecule has 6 heteroatoms. The highest BCUT2D eigenvalue weighted by Gasteiger charge is 2.39. The minimum absolute atomic E-state index is 0.0399. The summed E-state index contributed by atoms with van der Waals surface area (Å²) in [6.45, 7) is 4.71. The fraction of sp³-hybridized carbons (Fsp3) is 0.259. The van der Waals surface area contributed by atoms with E-state index < -0.39 is 11.2 Å². The summed E-state index contributed by atoms with van der Waals surface area (Å²) in [4.78, 5) is 29.5. The van der Waals surface area contributed by atoms with E-state index in [2.05, 4.69) is 18.3 Å². The number of fused-ring (bicyclic) bond motifs is 1.